The van der Waals surface area contributed by atoms with Gasteiger partial charge in [-0.2, -0.15) is 0 Å². The van der Waals surface area contributed by atoms with E-state index in [0.29, 0.717) is 17.4 Å². The van der Waals surface area contributed by atoms with Crippen LogP contribution in [-0.2, 0) is 11.2 Å². The summed E-state index contributed by atoms with van der Waals surface area (Å²) < 4.78 is 4.72. The lowest BCUT2D eigenvalue weighted by molar-refractivity contribution is 0.0600. The van der Waals surface area contributed by atoms with Gasteiger partial charge in [0.25, 0.3) is 0 Å². The molecule has 2 nitrogen and oxygen atoms in total. The maximum Gasteiger partial charge on any atom is 0.337 e. The smallest absolute Gasteiger partial charge is 0.337 e. The molecule has 0 heterocycles. The lowest BCUT2D eigenvalue weighted by atomic mass is 9.96. The van der Waals surface area contributed by atoms with Crippen LogP contribution in [0.25, 0.3) is 0 Å². The summed E-state index contributed by atoms with van der Waals surface area (Å²) in [6.07, 6.45) is 1.12. The van der Waals surface area contributed by atoms with Gasteiger partial charge in [0.05, 0.1) is 12.7 Å². The van der Waals surface area contributed by atoms with Crippen LogP contribution in [0.4, 0.5) is 0 Å². The molecule has 0 saturated carbocycles. The molecule has 0 N–H and O–H groups in total. The van der Waals surface area contributed by atoms with E-state index in [0.717, 1.165) is 6.42 Å². The minimum Gasteiger partial charge on any atom is -0.465 e. The van der Waals surface area contributed by atoms with Crippen LogP contribution in [0.5, 0.6) is 0 Å². The molecule has 80 valence electrons. The third-order valence-corrected chi connectivity index (χ3v) is 3.45. The van der Waals surface area contributed by atoms with Crippen LogP contribution in [0.1, 0.15) is 41.3 Å². The molecule has 0 saturated heterocycles. The minimum absolute atomic E-state index is 0.246. The van der Waals surface area contributed by atoms with E-state index in [1.54, 1.807) is 0 Å². The third kappa shape index (κ3) is 1.65. The van der Waals surface area contributed by atoms with E-state index in [1.165, 1.54) is 18.2 Å². The van der Waals surface area contributed by atoms with Crippen molar-refractivity contribution in [2.45, 2.75) is 26.2 Å². The van der Waals surface area contributed by atoms with Crippen LogP contribution in [-0.4, -0.2) is 13.1 Å². The average Bonchev–Trinajstić information content (AvgIpc) is 2.54. The minimum atomic E-state index is -0.246. The number of carbonyl (C=O) groups excluding carboxylic acids is 1. The highest BCUT2D eigenvalue weighted by Crippen LogP contribution is 2.37. The zero-order chi connectivity index (χ0) is 11.0. The summed E-state index contributed by atoms with van der Waals surface area (Å²) in [5.74, 6) is 0.974. The maximum absolute atomic E-state index is 11.4. The normalized spacial score (nSPS) is 23.7. The standard InChI is InChI=1S/C13H16O2/c1-8-6-10-4-5-11(13(14)15-3)7-12(10)9(8)2/h4-5,7-9H,6H2,1-3H3. The van der Waals surface area contributed by atoms with Crippen molar-refractivity contribution in [1.29, 1.82) is 0 Å². The van der Waals surface area contributed by atoms with Gasteiger partial charge in [-0.15, -0.1) is 0 Å². The molecule has 0 aromatic heterocycles. The van der Waals surface area contributed by atoms with Crippen molar-refractivity contribution in [3.8, 4) is 0 Å². The molecule has 0 bridgehead atoms. The van der Waals surface area contributed by atoms with Gasteiger partial charge in [0.2, 0.25) is 0 Å². The van der Waals surface area contributed by atoms with Crippen LogP contribution in [0, 0.1) is 5.92 Å². The summed E-state index contributed by atoms with van der Waals surface area (Å²) in [4.78, 5) is 11.4. The fourth-order valence-corrected chi connectivity index (χ4v) is 2.28. The highest BCUT2D eigenvalue weighted by atomic mass is 16.5. The SMILES string of the molecule is COC(=O)c1ccc2c(c1)C(C)C(C)C2. The summed E-state index contributed by atoms with van der Waals surface area (Å²) >= 11 is 0. The van der Waals surface area contributed by atoms with Gasteiger partial charge in [-0.3, -0.25) is 0 Å². The second-order valence-corrected chi connectivity index (χ2v) is 4.38. The van der Waals surface area contributed by atoms with Crippen molar-refractivity contribution in [2.24, 2.45) is 5.92 Å². The van der Waals surface area contributed by atoms with Crippen LogP contribution in [0.3, 0.4) is 0 Å². The van der Waals surface area contributed by atoms with Gasteiger partial charge in [0.1, 0.15) is 0 Å². The number of hydrogen-bond donors (Lipinski definition) is 0. The van der Waals surface area contributed by atoms with Gasteiger partial charge in [0, 0.05) is 0 Å². The molecule has 1 aromatic rings. The van der Waals surface area contributed by atoms with Crippen LogP contribution in [0.2, 0.25) is 0 Å². The van der Waals surface area contributed by atoms with Crippen LogP contribution < -0.4 is 0 Å². The first kappa shape index (κ1) is 10.2. The zero-order valence-corrected chi connectivity index (χ0v) is 9.41. The second-order valence-electron chi connectivity index (χ2n) is 4.38. The Labute approximate surface area is 90.3 Å². The summed E-state index contributed by atoms with van der Waals surface area (Å²) in [6, 6.07) is 5.90. The molecule has 1 aromatic carbocycles. The van der Waals surface area contributed by atoms with Crippen molar-refractivity contribution < 1.29 is 9.53 Å². The van der Waals surface area contributed by atoms with Gasteiger partial charge in [-0.25, -0.2) is 4.79 Å². The number of ether oxygens (including phenoxy) is 1. The Morgan fingerprint density at radius 3 is 2.80 bits per heavy atom. The van der Waals surface area contributed by atoms with E-state index in [2.05, 4.69) is 19.9 Å². The largest absolute Gasteiger partial charge is 0.465 e. The Hall–Kier alpha value is -1.31. The number of benzene rings is 1. The number of fused-ring (bicyclic) bond motifs is 1. The van der Waals surface area contributed by atoms with E-state index in [4.69, 9.17) is 4.74 Å². The fraction of sp³-hybridized carbons (Fsp3) is 0.462. The molecular formula is C13H16O2. The second kappa shape index (κ2) is 3.69. The van der Waals surface area contributed by atoms with E-state index >= 15 is 0 Å². The molecule has 1 aliphatic rings. The first-order valence-corrected chi connectivity index (χ1v) is 5.34. The summed E-state index contributed by atoms with van der Waals surface area (Å²) in [5, 5.41) is 0. The monoisotopic (exact) mass is 204 g/mol. The Kier molecular flexibility index (Phi) is 2.51. The third-order valence-electron chi connectivity index (χ3n) is 3.45. The van der Waals surface area contributed by atoms with Gasteiger partial charge < -0.3 is 4.74 Å². The summed E-state index contributed by atoms with van der Waals surface area (Å²) in [6.45, 7) is 4.47. The Morgan fingerprint density at radius 2 is 2.13 bits per heavy atom. The average molecular weight is 204 g/mol. The molecule has 1 aliphatic carbocycles. The number of methoxy groups -OCH3 is 1. The van der Waals surface area contributed by atoms with Crippen LogP contribution >= 0.6 is 0 Å². The fourth-order valence-electron chi connectivity index (χ4n) is 2.28. The molecular weight excluding hydrogens is 188 g/mol. The Morgan fingerprint density at radius 1 is 1.40 bits per heavy atom. The molecule has 2 atom stereocenters. The predicted molar refractivity (Wildman–Crippen MR) is 59.1 cm³/mol. The summed E-state index contributed by atoms with van der Waals surface area (Å²) in [7, 11) is 1.42. The molecule has 0 fully saturated rings. The molecule has 2 heteroatoms. The first-order valence-electron chi connectivity index (χ1n) is 5.34. The molecule has 0 aliphatic heterocycles. The van der Waals surface area contributed by atoms with Gasteiger partial charge in [-0.1, -0.05) is 19.9 Å². The first-order chi connectivity index (χ1) is 7.13. The van der Waals surface area contributed by atoms with Gasteiger partial charge in [-0.05, 0) is 41.5 Å². The molecule has 0 radical (unpaired) electrons. The molecule has 0 spiro atoms. The topological polar surface area (TPSA) is 26.3 Å². The van der Waals surface area contributed by atoms with E-state index in [-0.39, 0.29) is 5.97 Å². The number of carbonyl (C=O) groups is 1. The van der Waals surface area contributed by atoms with Crippen molar-refractivity contribution in [2.75, 3.05) is 7.11 Å². The van der Waals surface area contributed by atoms with Crippen molar-refractivity contribution in [3.63, 3.8) is 0 Å². The van der Waals surface area contributed by atoms with Gasteiger partial charge >= 0.3 is 5.97 Å². The molecule has 2 rings (SSSR count). The number of rotatable bonds is 1. The Balaban J connectivity index is 2.39. The number of hydrogen-bond acceptors (Lipinski definition) is 2. The maximum atomic E-state index is 11.4. The summed E-state index contributed by atoms with van der Waals surface area (Å²) in [5.41, 5.74) is 3.35. The molecule has 2 unspecified atom stereocenters. The van der Waals surface area contributed by atoms with Crippen LogP contribution in [0.15, 0.2) is 18.2 Å². The van der Waals surface area contributed by atoms with Crippen molar-refractivity contribution in [1.82, 2.24) is 0 Å². The highest BCUT2D eigenvalue weighted by molar-refractivity contribution is 5.89. The highest BCUT2D eigenvalue weighted by Gasteiger charge is 2.26. The van der Waals surface area contributed by atoms with E-state index < -0.39 is 0 Å². The van der Waals surface area contributed by atoms with Crippen molar-refractivity contribution in [3.05, 3.63) is 34.9 Å². The lowest BCUT2D eigenvalue weighted by Crippen LogP contribution is -2.03. The zero-order valence-electron chi connectivity index (χ0n) is 9.41. The van der Waals surface area contributed by atoms with Crippen molar-refractivity contribution >= 4 is 5.97 Å². The van der Waals surface area contributed by atoms with E-state index in [9.17, 15) is 4.79 Å². The molecule has 0 amide bonds. The number of esters is 1. The molecule has 15 heavy (non-hydrogen) atoms. The van der Waals surface area contributed by atoms with Gasteiger partial charge in [0.15, 0.2) is 0 Å². The Bertz CT molecular complexity index is 396. The predicted octanol–water partition coefficient (Wildman–Crippen LogP) is 2.77. The van der Waals surface area contributed by atoms with E-state index in [1.807, 2.05) is 12.1 Å². The quantitative estimate of drug-likeness (QED) is 0.657. The lowest BCUT2D eigenvalue weighted by Gasteiger charge is -2.09.